The van der Waals surface area contributed by atoms with E-state index in [1.807, 2.05) is 0 Å². The van der Waals surface area contributed by atoms with Crippen molar-refractivity contribution >= 4 is 27.3 Å². The molecule has 0 saturated heterocycles. The number of carbonyl (C=O) groups excluding carboxylic acids is 1. The van der Waals surface area contributed by atoms with Gasteiger partial charge in [0.25, 0.3) is 5.56 Å². The number of aryl methyl sites for hydroxylation is 2. The lowest BCUT2D eigenvalue weighted by Gasteiger charge is -2.10. The van der Waals surface area contributed by atoms with Gasteiger partial charge in [-0.15, -0.1) is 11.3 Å². The summed E-state index contributed by atoms with van der Waals surface area (Å²) in [6, 6.07) is 6.91. The summed E-state index contributed by atoms with van der Waals surface area (Å²) in [5.41, 5.74) is 1.60. The van der Waals surface area contributed by atoms with Crippen LogP contribution in [0.5, 0.6) is 5.75 Å². The van der Waals surface area contributed by atoms with Crippen molar-refractivity contribution in [1.29, 1.82) is 0 Å². The molecule has 0 radical (unpaired) electrons. The first kappa shape index (κ1) is 16.0. The molecule has 5 nitrogen and oxygen atoms in total. The number of hydrogen-bond acceptors (Lipinski definition) is 5. The quantitative estimate of drug-likeness (QED) is 0.675. The first-order chi connectivity index (χ1) is 12.2. The Kier molecular flexibility index (Phi) is 4.13. The van der Waals surface area contributed by atoms with Crippen LogP contribution in [0.15, 0.2) is 35.4 Å². The third-order valence-electron chi connectivity index (χ3n) is 4.67. The van der Waals surface area contributed by atoms with Crippen LogP contribution in [0.3, 0.4) is 0 Å². The van der Waals surface area contributed by atoms with Crippen molar-refractivity contribution in [3.63, 3.8) is 0 Å². The van der Waals surface area contributed by atoms with Gasteiger partial charge in [0.15, 0.2) is 5.78 Å². The minimum atomic E-state index is -0.116. The van der Waals surface area contributed by atoms with Gasteiger partial charge in [-0.1, -0.05) is 0 Å². The van der Waals surface area contributed by atoms with Gasteiger partial charge in [0.05, 0.1) is 25.4 Å². The van der Waals surface area contributed by atoms with Crippen LogP contribution < -0.4 is 10.3 Å². The molecule has 0 atom stereocenters. The van der Waals surface area contributed by atoms with Gasteiger partial charge < -0.3 is 4.74 Å². The van der Waals surface area contributed by atoms with E-state index in [1.165, 1.54) is 22.2 Å². The average molecular weight is 354 g/mol. The SMILES string of the molecule is COc1ccc(C(=O)Cn2cnc3sc4c(c3c2=O)CCCC4)cc1. The third-order valence-corrected chi connectivity index (χ3v) is 5.87. The molecule has 2 aromatic heterocycles. The minimum absolute atomic E-state index is 0.00127. The summed E-state index contributed by atoms with van der Waals surface area (Å²) in [6.45, 7) is -0.00127. The Morgan fingerprint density at radius 1 is 1.24 bits per heavy atom. The van der Waals surface area contributed by atoms with Gasteiger partial charge in [0.2, 0.25) is 0 Å². The lowest BCUT2D eigenvalue weighted by atomic mass is 9.97. The fourth-order valence-corrected chi connectivity index (χ4v) is 4.54. The van der Waals surface area contributed by atoms with Crippen LogP contribution in [0.2, 0.25) is 0 Å². The van der Waals surface area contributed by atoms with E-state index in [-0.39, 0.29) is 17.9 Å². The van der Waals surface area contributed by atoms with Crippen LogP contribution in [0.25, 0.3) is 10.2 Å². The van der Waals surface area contributed by atoms with Gasteiger partial charge in [0.1, 0.15) is 10.6 Å². The number of thiophene rings is 1. The molecule has 0 fully saturated rings. The summed E-state index contributed by atoms with van der Waals surface area (Å²) in [5, 5.41) is 0.713. The van der Waals surface area contributed by atoms with Gasteiger partial charge in [-0.05, 0) is 55.5 Å². The molecule has 1 aromatic carbocycles. The van der Waals surface area contributed by atoms with Crippen LogP contribution in [0.4, 0.5) is 0 Å². The highest BCUT2D eigenvalue weighted by Gasteiger charge is 2.20. The van der Waals surface area contributed by atoms with Crippen molar-refractivity contribution in [2.75, 3.05) is 7.11 Å². The molecule has 0 spiro atoms. The van der Waals surface area contributed by atoms with Crippen LogP contribution in [0.1, 0.15) is 33.6 Å². The molecular weight excluding hydrogens is 336 g/mol. The average Bonchev–Trinajstić information content (AvgIpc) is 3.03. The molecule has 0 unspecified atom stereocenters. The summed E-state index contributed by atoms with van der Waals surface area (Å²) in [4.78, 5) is 31.9. The Balaban J connectivity index is 1.68. The summed E-state index contributed by atoms with van der Waals surface area (Å²) >= 11 is 1.62. The number of rotatable bonds is 4. The smallest absolute Gasteiger partial charge is 0.262 e. The number of hydrogen-bond donors (Lipinski definition) is 0. The predicted molar refractivity (Wildman–Crippen MR) is 97.8 cm³/mol. The molecule has 128 valence electrons. The molecule has 0 saturated carbocycles. The maximum Gasteiger partial charge on any atom is 0.262 e. The number of ether oxygens (including phenoxy) is 1. The van der Waals surface area contributed by atoms with E-state index in [2.05, 4.69) is 4.98 Å². The maximum absolute atomic E-state index is 12.9. The number of fused-ring (bicyclic) bond motifs is 3. The fraction of sp³-hybridized carbons (Fsp3) is 0.316. The van der Waals surface area contributed by atoms with E-state index >= 15 is 0 Å². The van der Waals surface area contributed by atoms with Crippen LogP contribution in [-0.2, 0) is 19.4 Å². The molecule has 0 N–H and O–H groups in total. The van der Waals surface area contributed by atoms with E-state index < -0.39 is 0 Å². The summed E-state index contributed by atoms with van der Waals surface area (Å²) in [7, 11) is 1.58. The number of methoxy groups -OCH3 is 1. The highest BCUT2D eigenvalue weighted by Crippen LogP contribution is 2.33. The zero-order chi connectivity index (χ0) is 17.4. The highest BCUT2D eigenvalue weighted by molar-refractivity contribution is 7.18. The number of ketones is 1. The lowest BCUT2D eigenvalue weighted by Crippen LogP contribution is -2.25. The van der Waals surface area contributed by atoms with Gasteiger partial charge in [-0.25, -0.2) is 4.98 Å². The molecular formula is C19H18N2O3S. The molecule has 1 aliphatic rings. The van der Waals surface area contributed by atoms with Gasteiger partial charge >= 0.3 is 0 Å². The second kappa shape index (κ2) is 6.44. The van der Waals surface area contributed by atoms with E-state index in [0.717, 1.165) is 29.7 Å². The molecule has 25 heavy (non-hydrogen) atoms. The van der Waals surface area contributed by atoms with Crippen LogP contribution >= 0.6 is 11.3 Å². The van der Waals surface area contributed by atoms with Crippen molar-refractivity contribution < 1.29 is 9.53 Å². The van der Waals surface area contributed by atoms with Gasteiger partial charge in [-0.3, -0.25) is 14.2 Å². The number of carbonyl (C=O) groups is 1. The van der Waals surface area contributed by atoms with E-state index in [9.17, 15) is 9.59 Å². The number of nitrogens with zero attached hydrogens (tertiary/aromatic N) is 2. The Morgan fingerprint density at radius 2 is 2.00 bits per heavy atom. The number of benzene rings is 1. The number of aromatic nitrogens is 2. The Labute approximate surface area is 148 Å². The fourth-order valence-electron chi connectivity index (χ4n) is 3.32. The Bertz CT molecular complexity index is 1000. The first-order valence-electron chi connectivity index (χ1n) is 8.34. The second-order valence-electron chi connectivity index (χ2n) is 6.22. The zero-order valence-electron chi connectivity index (χ0n) is 13.9. The first-order valence-corrected chi connectivity index (χ1v) is 9.16. The molecule has 4 rings (SSSR count). The van der Waals surface area contributed by atoms with Gasteiger partial charge in [-0.2, -0.15) is 0 Å². The predicted octanol–water partition coefficient (Wildman–Crippen LogP) is 3.23. The standard InChI is InChI=1S/C19H18N2O3S/c1-24-13-8-6-12(7-9-13)15(22)10-21-11-20-18-17(19(21)23)14-4-2-3-5-16(14)25-18/h6-9,11H,2-5,10H2,1H3. The van der Waals surface area contributed by atoms with E-state index in [0.29, 0.717) is 16.7 Å². The monoisotopic (exact) mass is 354 g/mol. The summed E-state index contributed by atoms with van der Waals surface area (Å²) in [5.74, 6) is 0.580. The molecule has 0 amide bonds. The minimum Gasteiger partial charge on any atom is -0.497 e. The van der Waals surface area contributed by atoms with E-state index in [4.69, 9.17) is 4.74 Å². The van der Waals surface area contributed by atoms with Crippen molar-refractivity contribution in [2.24, 2.45) is 0 Å². The van der Waals surface area contributed by atoms with Crippen LogP contribution in [-0.4, -0.2) is 22.4 Å². The van der Waals surface area contributed by atoms with Crippen molar-refractivity contribution in [3.05, 3.63) is 57.0 Å². The van der Waals surface area contributed by atoms with Crippen molar-refractivity contribution in [1.82, 2.24) is 9.55 Å². The second-order valence-corrected chi connectivity index (χ2v) is 7.30. The zero-order valence-corrected chi connectivity index (χ0v) is 14.8. The largest absolute Gasteiger partial charge is 0.497 e. The van der Waals surface area contributed by atoms with Gasteiger partial charge in [0, 0.05) is 10.4 Å². The lowest BCUT2D eigenvalue weighted by molar-refractivity contribution is 0.0970. The molecule has 0 bridgehead atoms. The topological polar surface area (TPSA) is 61.2 Å². The van der Waals surface area contributed by atoms with Crippen LogP contribution in [0, 0.1) is 0 Å². The summed E-state index contributed by atoms with van der Waals surface area (Å²) < 4.78 is 6.53. The van der Waals surface area contributed by atoms with E-state index in [1.54, 1.807) is 42.7 Å². The molecule has 1 aliphatic carbocycles. The Hall–Kier alpha value is -2.47. The molecule has 6 heteroatoms. The van der Waals surface area contributed by atoms with Crippen molar-refractivity contribution in [3.8, 4) is 5.75 Å². The molecule has 0 aliphatic heterocycles. The molecule has 2 heterocycles. The van der Waals surface area contributed by atoms with Crippen molar-refractivity contribution in [2.45, 2.75) is 32.2 Å². The maximum atomic E-state index is 12.9. The third kappa shape index (κ3) is 2.87. The normalized spacial score (nSPS) is 13.6. The molecule has 3 aromatic rings. The summed E-state index contributed by atoms with van der Waals surface area (Å²) in [6.07, 6.45) is 5.74. The number of Topliss-reactive ketones (excluding diaryl/α,β-unsaturated/α-hetero) is 1. The Morgan fingerprint density at radius 3 is 2.76 bits per heavy atom. The highest BCUT2D eigenvalue weighted by atomic mass is 32.1.